The molecule has 0 aliphatic carbocycles. The van der Waals surface area contributed by atoms with Gasteiger partial charge in [-0.1, -0.05) is 0 Å². The molecule has 0 radical (unpaired) electrons. The van der Waals surface area contributed by atoms with Crippen molar-refractivity contribution in [2.75, 3.05) is 19.7 Å². The molecule has 0 N–H and O–H groups in total. The van der Waals surface area contributed by atoms with Crippen molar-refractivity contribution >= 4 is 6.09 Å². The Hall–Kier alpha value is -1.17. The van der Waals surface area contributed by atoms with Crippen LogP contribution in [0.4, 0.5) is 4.79 Å². The zero-order valence-electron chi connectivity index (χ0n) is 10.5. The Morgan fingerprint density at radius 3 is 2.50 bits per heavy atom. The van der Waals surface area contributed by atoms with E-state index in [4.69, 9.17) is 11.2 Å². The highest BCUT2D eigenvalue weighted by Gasteiger charge is 2.32. The molecule has 0 aromatic carbocycles. The first-order valence-corrected chi connectivity index (χ1v) is 5.90. The van der Waals surface area contributed by atoms with Crippen LogP contribution in [0.2, 0.25) is 0 Å². The average molecular weight is 223 g/mol. The lowest BCUT2D eigenvalue weighted by Crippen LogP contribution is -2.41. The first-order valence-electron chi connectivity index (χ1n) is 5.90. The minimum absolute atomic E-state index is 0.0687. The topological polar surface area (TPSA) is 29.5 Å². The standard InChI is InChI=1S/C13H21NO2/c1-5-13(3,4)11-7-9-14(10-8-11)12(15)16-6-2/h1,11H,6-10H2,2-4H3. The van der Waals surface area contributed by atoms with Gasteiger partial charge in [-0.25, -0.2) is 4.79 Å². The van der Waals surface area contributed by atoms with Gasteiger partial charge in [0.25, 0.3) is 0 Å². The summed E-state index contributed by atoms with van der Waals surface area (Å²) >= 11 is 0. The lowest BCUT2D eigenvalue weighted by molar-refractivity contribution is 0.0801. The van der Waals surface area contributed by atoms with Gasteiger partial charge in [-0.15, -0.1) is 12.3 Å². The third-order valence-corrected chi connectivity index (χ3v) is 3.41. The second kappa shape index (κ2) is 5.25. The SMILES string of the molecule is C#CC(C)(C)C1CCN(C(=O)OCC)CC1. The molecule has 0 aromatic rings. The van der Waals surface area contributed by atoms with Crippen LogP contribution in [0, 0.1) is 23.7 Å². The molecule has 1 fully saturated rings. The van der Waals surface area contributed by atoms with Gasteiger partial charge < -0.3 is 9.64 Å². The number of carbonyl (C=O) groups excluding carboxylic acids is 1. The van der Waals surface area contributed by atoms with Gasteiger partial charge in [0.2, 0.25) is 0 Å². The monoisotopic (exact) mass is 223 g/mol. The highest BCUT2D eigenvalue weighted by atomic mass is 16.6. The number of nitrogens with zero attached hydrogens (tertiary/aromatic N) is 1. The van der Waals surface area contributed by atoms with Crippen molar-refractivity contribution in [2.24, 2.45) is 11.3 Å². The zero-order valence-corrected chi connectivity index (χ0v) is 10.5. The Morgan fingerprint density at radius 1 is 1.50 bits per heavy atom. The molecule has 1 heterocycles. The number of carbonyl (C=O) groups is 1. The largest absolute Gasteiger partial charge is 0.450 e. The zero-order chi connectivity index (χ0) is 12.2. The van der Waals surface area contributed by atoms with Gasteiger partial charge >= 0.3 is 6.09 Å². The van der Waals surface area contributed by atoms with E-state index in [1.54, 1.807) is 4.90 Å². The van der Waals surface area contributed by atoms with E-state index in [1.165, 1.54) is 0 Å². The van der Waals surface area contributed by atoms with Crippen molar-refractivity contribution < 1.29 is 9.53 Å². The van der Waals surface area contributed by atoms with Crippen LogP contribution in [-0.4, -0.2) is 30.7 Å². The molecule has 16 heavy (non-hydrogen) atoms. The van der Waals surface area contributed by atoms with Crippen molar-refractivity contribution in [3.63, 3.8) is 0 Å². The predicted molar refractivity (Wildman–Crippen MR) is 63.9 cm³/mol. The number of ether oxygens (including phenoxy) is 1. The Bertz CT molecular complexity index is 283. The van der Waals surface area contributed by atoms with Gasteiger partial charge in [-0.2, -0.15) is 0 Å². The summed E-state index contributed by atoms with van der Waals surface area (Å²) in [4.78, 5) is 13.3. The highest BCUT2D eigenvalue weighted by Crippen LogP contribution is 2.34. The number of piperidine rings is 1. The van der Waals surface area contributed by atoms with Crippen LogP contribution < -0.4 is 0 Å². The molecule has 1 amide bonds. The Labute approximate surface area is 98.1 Å². The van der Waals surface area contributed by atoms with E-state index in [-0.39, 0.29) is 11.5 Å². The molecule has 0 atom stereocenters. The van der Waals surface area contributed by atoms with Crippen molar-refractivity contribution in [3.05, 3.63) is 0 Å². The van der Waals surface area contributed by atoms with Gasteiger partial charge in [-0.05, 0) is 39.5 Å². The molecular weight excluding hydrogens is 202 g/mol. The smallest absolute Gasteiger partial charge is 0.409 e. The van der Waals surface area contributed by atoms with Gasteiger partial charge in [0, 0.05) is 18.5 Å². The highest BCUT2D eigenvalue weighted by molar-refractivity contribution is 5.67. The number of hydrogen-bond donors (Lipinski definition) is 0. The number of terminal acetylenes is 1. The molecule has 3 heteroatoms. The molecule has 0 unspecified atom stereocenters. The molecule has 1 saturated heterocycles. The summed E-state index contributed by atoms with van der Waals surface area (Å²) in [5.41, 5.74) is -0.0687. The third-order valence-electron chi connectivity index (χ3n) is 3.41. The quantitative estimate of drug-likeness (QED) is 0.673. The first kappa shape index (κ1) is 12.9. The van der Waals surface area contributed by atoms with E-state index >= 15 is 0 Å². The molecule has 0 saturated carbocycles. The van der Waals surface area contributed by atoms with Crippen molar-refractivity contribution in [1.82, 2.24) is 4.90 Å². The van der Waals surface area contributed by atoms with Crippen molar-refractivity contribution in [3.8, 4) is 12.3 Å². The summed E-state index contributed by atoms with van der Waals surface area (Å²) in [6, 6.07) is 0. The molecule has 0 spiro atoms. The van der Waals surface area contributed by atoms with Crippen molar-refractivity contribution in [1.29, 1.82) is 0 Å². The Morgan fingerprint density at radius 2 is 2.06 bits per heavy atom. The number of likely N-dealkylation sites (tertiary alicyclic amines) is 1. The molecule has 0 aromatic heterocycles. The second-order valence-corrected chi connectivity index (χ2v) is 4.83. The maximum atomic E-state index is 11.5. The van der Waals surface area contributed by atoms with E-state index in [0.717, 1.165) is 25.9 Å². The molecule has 1 aliphatic rings. The van der Waals surface area contributed by atoms with Gasteiger partial charge in [0.05, 0.1) is 6.61 Å². The molecule has 3 nitrogen and oxygen atoms in total. The van der Waals surface area contributed by atoms with E-state index < -0.39 is 0 Å². The molecule has 1 aliphatic heterocycles. The molecule has 90 valence electrons. The lowest BCUT2D eigenvalue weighted by Gasteiger charge is -2.37. The maximum absolute atomic E-state index is 11.5. The summed E-state index contributed by atoms with van der Waals surface area (Å²) in [6.45, 7) is 7.97. The van der Waals surface area contributed by atoms with Crippen LogP contribution in [0.25, 0.3) is 0 Å². The third kappa shape index (κ3) is 2.91. The maximum Gasteiger partial charge on any atom is 0.409 e. The van der Waals surface area contributed by atoms with Crippen molar-refractivity contribution in [2.45, 2.75) is 33.6 Å². The van der Waals surface area contributed by atoms with Crippen LogP contribution in [0.15, 0.2) is 0 Å². The number of rotatable bonds is 2. The fourth-order valence-corrected chi connectivity index (χ4v) is 2.12. The summed E-state index contributed by atoms with van der Waals surface area (Å²) in [5, 5.41) is 0. The summed E-state index contributed by atoms with van der Waals surface area (Å²) in [5.74, 6) is 3.35. The van der Waals surface area contributed by atoms with E-state index in [2.05, 4.69) is 19.8 Å². The molecular formula is C13H21NO2. The number of hydrogen-bond acceptors (Lipinski definition) is 2. The fraction of sp³-hybridized carbons (Fsp3) is 0.769. The van der Waals surface area contributed by atoms with E-state index in [1.807, 2.05) is 6.92 Å². The van der Waals surface area contributed by atoms with Crippen LogP contribution >= 0.6 is 0 Å². The second-order valence-electron chi connectivity index (χ2n) is 4.83. The Kier molecular flexibility index (Phi) is 4.23. The van der Waals surface area contributed by atoms with Crippen LogP contribution in [0.5, 0.6) is 0 Å². The van der Waals surface area contributed by atoms with Crippen LogP contribution in [-0.2, 0) is 4.74 Å². The minimum Gasteiger partial charge on any atom is -0.450 e. The van der Waals surface area contributed by atoms with Gasteiger partial charge in [0.15, 0.2) is 0 Å². The summed E-state index contributed by atoms with van der Waals surface area (Å²) < 4.78 is 4.98. The van der Waals surface area contributed by atoms with Gasteiger partial charge in [0.1, 0.15) is 0 Å². The summed E-state index contributed by atoms with van der Waals surface area (Å²) in [6.07, 6.45) is 7.27. The van der Waals surface area contributed by atoms with E-state index in [0.29, 0.717) is 12.5 Å². The fourth-order valence-electron chi connectivity index (χ4n) is 2.12. The lowest BCUT2D eigenvalue weighted by atomic mass is 9.74. The van der Waals surface area contributed by atoms with Crippen LogP contribution in [0.3, 0.4) is 0 Å². The predicted octanol–water partition coefficient (Wildman–Crippen LogP) is 2.51. The number of amides is 1. The molecule has 1 rings (SSSR count). The minimum atomic E-state index is -0.195. The molecule has 0 bridgehead atoms. The average Bonchev–Trinajstić information content (AvgIpc) is 2.29. The normalized spacial score (nSPS) is 18.0. The Balaban J connectivity index is 2.46. The van der Waals surface area contributed by atoms with E-state index in [9.17, 15) is 4.79 Å². The first-order chi connectivity index (χ1) is 7.51. The van der Waals surface area contributed by atoms with Crippen LogP contribution in [0.1, 0.15) is 33.6 Å². The van der Waals surface area contributed by atoms with Gasteiger partial charge in [-0.3, -0.25) is 0 Å². The summed E-state index contributed by atoms with van der Waals surface area (Å²) in [7, 11) is 0.